The third-order valence-corrected chi connectivity index (χ3v) is 2.11. The summed E-state index contributed by atoms with van der Waals surface area (Å²) in [6, 6.07) is 4.28. The smallest absolute Gasteiger partial charge is 0.379 e. The molecular weight excluding hydrogens is 209 g/mol. The van der Waals surface area contributed by atoms with Crippen LogP contribution >= 0.6 is 0 Å². The minimum absolute atomic E-state index is 0.210. The molecule has 1 aromatic heterocycles. The van der Waals surface area contributed by atoms with Crippen LogP contribution in [-0.2, 0) is 0 Å². The highest BCUT2D eigenvalue weighted by Gasteiger charge is 2.40. The van der Waals surface area contributed by atoms with Crippen LogP contribution in [0.15, 0.2) is 24.4 Å². The lowest BCUT2D eigenvalue weighted by atomic mass is 10.1. The van der Waals surface area contributed by atoms with Crippen molar-refractivity contribution >= 4 is 10.9 Å². The van der Waals surface area contributed by atoms with Gasteiger partial charge in [0, 0.05) is 10.9 Å². The van der Waals surface area contributed by atoms with Crippen molar-refractivity contribution in [2.75, 3.05) is 0 Å². The Morgan fingerprint density at radius 2 is 2.07 bits per heavy atom. The largest absolute Gasteiger partial charge is 0.418 e. The van der Waals surface area contributed by atoms with Gasteiger partial charge >= 0.3 is 6.18 Å². The Hall–Kier alpha value is -1.56. The summed E-state index contributed by atoms with van der Waals surface area (Å²) < 4.78 is 36.9. The lowest BCUT2D eigenvalue weighted by Crippen LogP contribution is -2.20. The van der Waals surface area contributed by atoms with Crippen LogP contribution < -0.4 is 0 Å². The Bertz CT molecular complexity index is 477. The van der Waals surface area contributed by atoms with Gasteiger partial charge in [-0.25, -0.2) is 0 Å². The molecule has 0 spiro atoms. The van der Waals surface area contributed by atoms with Gasteiger partial charge in [0.2, 0.25) is 0 Å². The van der Waals surface area contributed by atoms with E-state index in [0.29, 0.717) is 5.39 Å². The predicted octanol–water partition coefficient (Wildman–Crippen LogP) is 2.16. The van der Waals surface area contributed by atoms with E-state index in [4.69, 9.17) is 5.11 Å². The second-order valence-electron chi connectivity index (χ2n) is 3.13. The number of H-pyrrole nitrogens is 1. The number of nitrogens with one attached hydrogen (secondary N) is 1. The fourth-order valence-electron chi connectivity index (χ4n) is 1.40. The van der Waals surface area contributed by atoms with Gasteiger partial charge in [-0.05, 0) is 0 Å². The van der Waals surface area contributed by atoms with Crippen LogP contribution in [0.25, 0.3) is 10.9 Å². The molecule has 0 aliphatic rings. The normalized spacial score (nSPS) is 14.4. The number of aliphatic hydroxyl groups excluding tert-OH is 1. The van der Waals surface area contributed by atoms with Crippen LogP contribution in [0.5, 0.6) is 0 Å². The molecule has 2 rings (SSSR count). The van der Waals surface area contributed by atoms with Gasteiger partial charge < -0.3 is 5.11 Å². The molecule has 2 aromatic rings. The summed E-state index contributed by atoms with van der Waals surface area (Å²) in [5.74, 6) is 0. The molecule has 6 heteroatoms. The van der Waals surface area contributed by atoms with Gasteiger partial charge in [0.15, 0.2) is 6.10 Å². The topological polar surface area (TPSA) is 48.9 Å². The van der Waals surface area contributed by atoms with Crippen molar-refractivity contribution in [3.8, 4) is 0 Å². The molecule has 0 bridgehead atoms. The van der Waals surface area contributed by atoms with Crippen LogP contribution in [0.1, 0.15) is 11.7 Å². The average Bonchev–Trinajstić information content (AvgIpc) is 2.62. The van der Waals surface area contributed by atoms with E-state index in [1.807, 2.05) is 0 Å². The summed E-state index contributed by atoms with van der Waals surface area (Å²) in [5.41, 5.74) is -0.000162. The van der Waals surface area contributed by atoms with Crippen molar-refractivity contribution in [2.24, 2.45) is 0 Å². The molecule has 0 saturated carbocycles. The molecule has 0 radical (unpaired) electrons. The number of hydrogen-bond acceptors (Lipinski definition) is 2. The van der Waals surface area contributed by atoms with E-state index < -0.39 is 12.3 Å². The van der Waals surface area contributed by atoms with Gasteiger partial charge in [-0.15, -0.1) is 0 Å². The Balaban J connectivity index is 2.56. The molecule has 1 aromatic carbocycles. The Labute approximate surface area is 82.5 Å². The van der Waals surface area contributed by atoms with E-state index in [-0.39, 0.29) is 11.1 Å². The van der Waals surface area contributed by atoms with Gasteiger partial charge in [0.05, 0.1) is 11.7 Å². The maximum atomic E-state index is 12.3. The number of aliphatic hydroxyl groups is 1. The standard InChI is InChI=1S/C9H7F3N2O/c10-9(11,12)8(15)6-3-1-2-5-4-13-14-7(5)6/h1-4,8,15H,(H,13,14). The van der Waals surface area contributed by atoms with Crippen LogP contribution in [0, 0.1) is 0 Å². The first kappa shape index (κ1) is 9.97. The first-order valence-electron chi connectivity index (χ1n) is 4.17. The van der Waals surface area contributed by atoms with Gasteiger partial charge in [0.25, 0.3) is 0 Å². The monoisotopic (exact) mass is 216 g/mol. The van der Waals surface area contributed by atoms with Crippen molar-refractivity contribution in [3.63, 3.8) is 0 Å². The number of benzene rings is 1. The SMILES string of the molecule is OC(c1cccc2cn[nH]c12)C(F)(F)F. The minimum Gasteiger partial charge on any atom is -0.379 e. The van der Waals surface area contributed by atoms with Crippen molar-refractivity contribution in [1.82, 2.24) is 10.2 Å². The maximum absolute atomic E-state index is 12.3. The van der Waals surface area contributed by atoms with Crippen LogP contribution in [-0.4, -0.2) is 21.5 Å². The summed E-state index contributed by atoms with van der Waals surface area (Å²) in [6.07, 6.45) is -5.75. The molecule has 15 heavy (non-hydrogen) atoms. The zero-order chi connectivity index (χ0) is 11.1. The molecule has 0 saturated heterocycles. The third-order valence-electron chi connectivity index (χ3n) is 2.11. The number of fused-ring (bicyclic) bond motifs is 1. The maximum Gasteiger partial charge on any atom is 0.418 e. The number of halogens is 3. The van der Waals surface area contributed by atoms with Gasteiger partial charge in [0.1, 0.15) is 0 Å². The Morgan fingerprint density at radius 1 is 1.33 bits per heavy atom. The van der Waals surface area contributed by atoms with Crippen LogP contribution in [0.3, 0.4) is 0 Å². The molecule has 0 aliphatic heterocycles. The number of hydrogen-bond donors (Lipinski definition) is 2. The molecule has 0 fully saturated rings. The molecule has 1 heterocycles. The van der Waals surface area contributed by atoms with Crippen molar-refractivity contribution in [2.45, 2.75) is 12.3 Å². The van der Waals surface area contributed by atoms with E-state index in [1.165, 1.54) is 18.3 Å². The van der Waals surface area contributed by atoms with Gasteiger partial charge in [-0.2, -0.15) is 18.3 Å². The summed E-state index contributed by atoms with van der Waals surface area (Å²) in [4.78, 5) is 0. The second kappa shape index (κ2) is 3.23. The van der Waals surface area contributed by atoms with Gasteiger partial charge in [-0.1, -0.05) is 18.2 Å². The van der Waals surface area contributed by atoms with Crippen molar-refractivity contribution in [3.05, 3.63) is 30.0 Å². The second-order valence-corrected chi connectivity index (χ2v) is 3.13. The molecule has 2 N–H and O–H groups in total. The molecule has 80 valence electrons. The van der Waals surface area contributed by atoms with E-state index >= 15 is 0 Å². The fraction of sp³-hybridized carbons (Fsp3) is 0.222. The highest BCUT2D eigenvalue weighted by atomic mass is 19.4. The number of rotatable bonds is 1. The summed E-state index contributed by atoms with van der Waals surface area (Å²) >= 11 is 0. The number of aromatic amines is 1. The first-order valence-corrected chi connectivity index (χ1v) is 4.17. The highest BCUT2D eigenvalue weighted by Crippen LogP contribution is 2.35. The molecular formula is C9H7F3N2O. The van der Waals surface area contributed by atoms with E-state index in [9.17, 15) is 13.2 Å². The zero-order valence-electron chi connectivity index (χ0n) is 7.42. The molecule has 0 amide bonds. The number of alkyl halides is 3. The Kier molecular flexibility index (Phi) is 2.15. The summed E-state index contributed by atoms with van der Waals surface area (Å²) in [6.45, 7) is 0. The van der Waals surface area contributed by atoms with Crippen LogP contribution in [0.4, 0.5) is 13.2 Å². The summed E-state index contributed by atoms with van der Waals surface area (Å²) in [7, 11) is 0. The van der Waals surface area contributed by atoms with Crippen LogP contribution in [0.2, 0.25) is 0 Å². The number of nitrogens with zero attached hydrogens (tertiary/aromatic N) is 1. The predicted molar refractivity (Wildman–Crippen MR) is 47.1 cm³/mol. The Morgan fingerprint density at radius 3 is 2.73 bits per heavy atom. The van der Waals surface area contributed by atoms with E-state index in [2.05, 4.69) is 10.2 Å². The number of aromatic nitrogens is 2. The highest BCUT2D eigenvalue weighted by molar-refractivity contribution is 5.81. The lowest BCUT2D eigenvalue weighted by molar-refractivity contribution is -0.206. The van der Waals surface area contributed by atoms with E-state index in [0.717, 1.165) is 0 Å². The quantitative estimate of drug-likeness (QED) is 0.767. The zero-order valence-corrected chi connectivity index (χ0v) is 7.42. The van der Waals surface area contributed by atoms with E-state index in [1.54, 1.807) is 6.07 Å². The molecule has 3 nitrogen and oxygen atoms in total. The number of para-hydroxylation sites is 1. The van der Waals surface area contributed by atoms with Crippen molar-refractivity contribution < 1.29 is 18.3 Å². The summed E-state index contributed by atoms with van der Waals surface area (Å²) in [5, 5.41) is 15.7. The van der Waals surface area contributed by atoms with Crippen molar-refractivity contribution in [1.29, 1.82) is 0 Å². The average molecular weight is 216 g/mol. The molecule has 1 atom stereocenters. The minimum atomic E-state index is -4.67. The molecule has 1 unspecified atom stereocenters. The first-order chi connectivity index (χ1) is 7.00. The lowest BCUT2D eigenvalue weighted by Gasteiger charge is -2.15. The molecule has 0 aliphatic carbocycles. The van der Waals surface area contributed by atoms with Gasteiger partial charge in [-0.3, -0.25) is 5.10 Å². The fourth-order valence-corrected chi connectivity index (χ4v) is 1.40. The third kappa shape index (κ3) is 1.68.